The molecule has 21 heavy (non-hydrogen) atoms. The molecule has 1 aliphatic carbocycles. The van der Waals surface area contributed by atoms with Crippen LogP contribution in [0, 0.1) is 5.92 Å². The summed E-state index contributed by atoms with van der Waals surface area (Å²) in [5.74, 6) is -0.0120. The van der Waals surface area contributed by atoms with Gasteiger partial charge in [-0.15, -0.1) is 0 Å². The van der Waals surface area contributed by atoms with Crippen molar-refractivity contribution in [3.63, 3.8) is 0 Å². The summed E-state index contributed by atoms with van der Waals surface area (Å²) >= 11 is 0. The minimum Gasteiger partial charge on any atom is -0.355 e. The average Bonchev–Trinajstić information content (AvgIpc) is 3.19. The fourth-order valence-corrected chi connectivity index (χ4v) is 2.90. The van der Waals surface area contributed by atoms with Crippen molar-refractivity contribution in [1.82, 2.24) is 5.32 Å². The third-order valence-corrected chi connectivity index (χ3v) is 4.40. The Morgan fingerprint density at radius 3 is 2.67 bits per heavy atom. The molecule has 1 fully saturated rings. The second kappa shape index (κ2) is 6.60. The fourth-order valence-electron chi connectivity index (χ4n) is 1.85. The minimum absolute atomic E-state index is 0.0548. The lowest BCUT2D eigenvalue weighted by Gasteiger charge is -2.09. The molecule has 1 aromatic rings. The van der Waals surface area contributed by atoms with Gasteiger partial charge in [0.15, 0.2) is 0 Å². The molecule has 1 amide bonds. The first kappa shape index (κ1) is 16.0. The molecule has 1 saturated carbocycles. The van der Waals surface area contributed by atoms with E-state index in [9.17, 15) is 22.2 Å². The van der Waals surface area contributed by atoms with Crippen LogP contribution in [-0.2, 0) is 27.5 Å². The topological polar surface area (TPSA) is 46.2 Å². The van der Waals surface area contributed by atoms with E-state index in [4.69, 9.17) is 0 Å². The maximum absolute atomic E-state index is 12.6. The Morgan fingerprint density at radius 1 is 1.33 bits per heavy atom. The van der Waals surface area contributed by atoms with Crippen molar-refractivity contribution in [3.8, 4) is 0 Å². The number of benzene rings is 1. The van der Waals surface area contributed by atoms with Crippen LogP contribution in [0.15, 0.2) is 24.3 Å². The van der Waals surface area contributed by atoms with Crippen molar-refractivity contribution in [2.75, 3.05) is 12.3 Å². The SMILES string of the molecule is O=C(C[S@](=O)Cc1cccc(C(F)(F)F)c1)NCC1CC1. The highest BCUT2D eigenvalue weighted by Gasteiger charge is 2.30. The number of rotatable bonds is 6. The van der Waals surface area contributed by atoms with E-state index in [2.05, 4.69) is 5.32 Å². The molecule has 0 heterocycles. The van der Waals surface area contributed by atoms with Gasteiger partial charge in [-0.05, 0) is 30.4 Å². The van der Waals surface area contributed by atoms with E-state index in [1.165, 1.54) is 12.1 Å². The summed E-state index contributed by atoms with van der Waals surface area (Å²) in [6.45, 7) is 0.597. The van der Waals surface area contributed by atoms with Crippen molar-refractivity contribution in [2.24, 2.45) is 5.92 Å². The highest BCUT2D eigenvalue weighted by Crippen LogP contribution is 2.29. The van der Waals surface area contributed by atoms with Gasteiger partial charge in [-0.25, -0.2) is 0 Å². The van der Waals surface area contributed by atoms with Crippen molar-refractivity contribution >= 4 is 16.7 Å². The number of halogens is 3. The maximum Gasteiger partial charge on any atom is 0.416 e. The van der Waals surface area contributed by atoms with Crippen LogP contribution in [0.2, 0.25) is 0 Å². The van der Waals surface area contributed by atoms with E-state index in [-0.39, 0.29) is 17.4 Å². The van der Waals surface area contributed by atoms with E-state index >= 15 is 0 Å². The summed E-state index contributed by atoms with van der Waals surface area (Å²) in [4.78, 5) is 11.5. The van der Waals surface area contributed by atoms with E-state index in [0.717, 1.165) is 25.0 Å². The largest absolute Gasteiger partial charge is 0.416 e. The van der Waals surface area contributed by atoms with Crippen LogP contribution >= 0.6 is 0 Å². The summed E-state index contributed by atoms with van der Waals surface area (Å²) in [6.07, 6.45) is -2.21. The molecular weight excluding hydrogens is 303 g/mol. The predicted octanol–water partition coefficient (Wildman–Crippen LogP) is 2.48. The molecule has 3 nitrogen and oxygen atoms in total. The van der Waals surface area contributed by atoms with E-state index in [1.807, 2.05) is 0 Å². The Kier molecular flexibility index (Phi) is 5.03. The number of carbonyl (C=O) groups is 1. The predicted molar refractivity (Wildman–Crippen MR) is 73.9 cm³/mol. The number of hydrogen-bond acceptors (Lipinski definition) is 2. The van der Waals surface area contributed by atoms with Crippen LogP contribution in [0.25, 0.3) is 0 Å². The lowest BCUT2D eigenvalue weighted by atomic mass is 10.1. The third-order valence-electron chi connectivity index (χ3n) is 3.16. The third kappa shape index (κ3) is 5.49. The van der Waals surface area contributed by atoms with Crippen molar-refractivity contribution in [1.29, 1.82) is 0 Å². The zero-order chi connectivity index (χ0) is 15.5. The molecule has 0 bridgehead atoms. The van der Waals surface area contributed by atoms with Crippen LogP contribution in [0.4, 0.5) is 13.2 Å². The van der Waals surface area contributed by atoms with Crippen LogP contribution in [-0.4, -0.2) is 22.4 Å². The van der Waals surface area contributed by atoms with Gasteiger partial charge < -0.3 is 5.32 Å². The highest BCUT2D eigenvalue weighted by molar-refractivity contribution is 7.84. The molecule has 0 spiro atoms. The van der Waals surface area contributed by atoms with E-state index in [0.29, 0.717) is 18.0 Å². The molecule has 7 heteroatoms. The molecule has 1 aromatic carbocycles. The van der Waals surface area contributed by atoms with E-state index in [1.54, 1.807) is 0 Å². The quantitative estimate of drug-likeness (QED) is 0.875. The standard InChI is InChI=1S/C14H16F3NO2S/c15-14(16,17)12-3-1-2-11(6-12)8-21(20)9-13(19)18-7-10-4-5-10/h1-3,6,10H,4-5,7-9H2,(H,18,19)/t21-/m1/s1. The Bertz CT molecular complexity index is 541. The molecule has 116 valence electrons. The zero-order valence-corrected chi connectivity index (χ0v) is 12.1. The van der Waals surface area contributed by atoms with Gasteiger partial charge in [-0.2, -0.15) is 13.2 Å². The lowest BCUT2D eigenvalue weighted by Crippen LogP contribution is -2.30. The molecule has 0 aromatic heterocycles. The smallest absolute Gasteiger partial charge is 0.355 e. The minimum atomic E-state index is -4.42. The molecule has 1 atom stereocenters. The number of carbonyl (C=O) groups excluding carboxylic acids is 1. The van der Waals surface area contributed by atoms with Crippen LogP contribution in [0.3, 0.4) is 0 Å². The second-order valence-electron chi connectivity index (χ2n) is 5.17. The van der Waals surface area contributed by atoms with Gasteiger partial charge in [0.2, 0.25) is 5.91 Å². The van der Waals surface area contributed by atoms with Crippen molar-refractivity contribution in [3.05, 3.63) is 35.4 Å². The molecular formula is C14H16F3NO2S. The number of hydrogen-bond donors (Lipinski definition) is 1. The van der Waals surface area contributed by atoms with E-state index < -0.39 is 22.5 Å². The maximum atomic E-state index is 12.6. The van der Waals surface area contributed by atoms with Gasteiger partial charge in [-0.1, -0.05) is 18.2 Å². The Morgan fingerprint density at radius 2 is 2.05 bits per heavy atom. The Labute approximate surface area is 123 Å². The summed E-state index contributed by atoms with van der Waals surface area (Å²) in [6, 6.07) is 4.70. The zero-order valence-electron chi connectivity index (χ0n) is 11.3. The van der Waals surface area contributed by atoms with Gasteiger partial charge in [0.05, 0.1) is 5.56 Å². The van der Waals surface area contributed by atoms with Crippen molar-refractivity contribution < 1.29 is 22.2 Å². The van der Waals surface area contributed by atoms with Gasteiger partial charge in [-0.3, -0.25) is 9.00 Å². The lowest BCUT2D eigenvalue weighted by molar-refractivity contribution is -0.137. The average molecular weight is 319 g/mol. The van der Waals surface area contributed by atoms with Crippen LogP contribution in [0.5, 0.6) is 0 Å². The summed E-state index contributed by atoms with van der Waals surface area (Å²) in [5.41, 5.74) is -0.451. The number of amides is 1. The molecule has 0 aliphatic heterocycles. The highest BCUT2D eigenvalue weighted by atomic mass is 32.2. The first-order valence-electron chi connectivity index (χ1n) is 6.62. The second-order valence-corrected chi connectivity index (χ2v) is 6.63. The van der Waals surface area contributed by atoms with Gasteiger partial charge in [0.25, 0.3) is 0 Å². The Hall–Kier alpha value is -1.37. The van der Waals surface area contributed by atoms with Gasteiger partial charge in [0, 0.05) is 23.1 Å². The Balaban J connectivity index is 1.85. The van der Waals surface area contributed by atoms with Crippen LogP contribution < -0.4 is 5.32 Å². The van der Waals surface area contributed by atoms with Crippen molar-refractivity contribution in [2.45, 2.75) is 24.8 Å². The van der Waals surface area contributed by atoms with Gasteiger partial charge >= 0.3 is 6.18 Å². The number of nitrogens with one attached hydrogen (secondary N) is 1. The summed E-state index contributed by atoms with van der Waals surface area (Å²) in [7, 11) is -1.51. The van der Waals surface area contributed by atoms with Gasteiger partial charge in [0.1, 0.15) is 5.75 Å². The summed E-state index contributed by atoms with van der Waals surface area (Å²) in [5, 5.41) is 2.68. The monoisotopic (exact) mass is 319 g/mol. The molecule has 0 unspecified atom stereocenters. The first-order chi connectivity index (χ1) is 9.84. The molecule has 0 saturated heterocycles. The number of alkyl halides is 3. The normalized spacial score (nSPS) is 16.5. The molecule has 1 aliphatic rings. The molecule has 0 radical (unpaired) electrons. The summed E-state index contributed by atoms with van der Waals surface area (Å²) < 4.78 is 49.5. The molecule has 1 N–H and O–H groups in total. The van der Waals surface area contributed by atoms with Crippen LogP contribution in [0.1, 0.15) is 24.0 Å². The fraction of sp³-hybridized carbons (Fsp3) is 0.500. The molecule has 2 rings (SSSR count). The first-order valence-corrected chi connectivity index (χ1v) is 8.11.